The van der Waals surface area contributed by atoms with Crippen molar-refractivity contribution in [2.75, 3.05) is 16.8 Å². The van der Waals surface area contributed by atoms with Gasteiger partial charge in [0.1, 0.15) is 18.1 Å². The van der Waals surface area contributed by atoms with Crippen LogP contribution >= 0.6 is 0 Å². The molecule has 0 radical (unpaired) electrons. The van der Waals surface area contributed by atoms with Crippen LogP contribution in [0.25, 0.3) is 11.0 Å². The highest BCUT2D eigenvalue weighted by atomic mass is 16.5. The van der Waals surface area contributed by atoms with Crippen LogP contribution in [0.2, 0.25) is 0 Å². The number of hydrogen-bond acceptors (Lipinski definition) is 4. The quantitative estimate of drug-likeness (QED) is 0.725. The predicted molar refractivity (Wildman–Crippen MR) is 115 cm³/mol. The molecule has 7 nitrogen and oxygen atoms in total. The number of fused-ring (bicyclic) bond motifs is 4. The molecule has 0 saturated heterocycles. The Bertz CT molecular complexity index is 1140. The van der Waals surface area contributed by atoms with E-state index in [0.717, 1.165) is 29.8 Å². The second-order valence-corrected chi connectivity index (χ2v) is 7.89. The lowest BCUT2D eigenvalue weighted by Gasteiger charge is -2.32. The molecule has 1 N–H and O–H groups in total. The number of para-hydroxylation sites is 2. The average Bonchev–Trinajstić information content (AvgIpc) is 2.91. The van der Waals surface area contributed by atoms with Crippen molar-refractivity contribution in [1.29, 1.82) is 0 Å². The maximum absolute atomic E-state index is 12.7. The Morgan fingerprint density at radius 1 is 1.20 bits per heavy atom. The minimum absolute atomic E-state index is 0.0682. The number of rotatable bonds is 3. The Balaban J connectivity index is 1.35. The molecular weight excluding hydrogens is 380 g/mol. The largest absolute Gasteiger partial charge is 0.479 e. The molecule has 3 heterocycles. The number of nitrogens with one attached hydrogen (secondary N) is 1. The number of carbonyl (C=O) groups is 2. The van der Waals surface area contributed by atoms with E-state index in [1.54, 1.807) is 19.1 Å². The summed E-state index contributed by atoms with van der Waals surface area (Å²) in [4.78, 5) is 31.6. The van der Waals surface area contributed by atoms with Crippen LogP contribution in [0.15, 0.2) is 42.5 Å². The molecule has 2 aromatic carbocycles. The van der Waals surface area contributed by atoms with E-state index < -0.39 is 6.10 Å². The molecule has 3 aromatic rings. The van der Waals surface area contributed by atoms with E-state index >= 15 is 0 Å². The summed E-state index contributed by atoms with van der Waals surface area (Å²) in [6.45, 7) is 2.62. The van der Waals surface area contributed by atoms with E-state index in [4.69, 9.17) is 9.72 Å². The van der Waals surface area contributed by atoms with Gasteiger partial charge < -0.3 is 14.6 Å². The van der Waals surface area contributed by atoms with Crippen molar-refractivity contribution >= 4 is 34.2 Å². The van der Waals surface area contributed by atoms with Gasteiger partial charge in [-0.25, -0.2) is 4.98 Å². The van der Waals surface area contributed by atoms with Gasteiger partial charge in [0.05, 0.1) is 16.7 Å². The minimum Gasteiger partial charge on any atom is -0.479 e. The van der Waals surface area contributed by atoms with Gasteiger partial charge >= 0.3 is 0 Å². The maximum Gasteiger partial charge on any atom is 0.268 e. The Kier molecular flexibility index (Phi) is 4.65. The molecule has 7 heteroatoms. The van der Waals surface area contributed by atoms with Crippen LogP contribution in [0.4, 0.5) is 11.4 Å². The molecule has 0 spiro atoms. The lowest BCUT2D eigenvalue weighted by atomic mass is 10.2. The van der Waals surface area contributed by atoms with E-state index in [1.807, 2.05) is 30.3 Å². The van der Waals surface area contributed by atoms with Crippen LogP contribution in [0.5, 0.6) is 5.75 Å². The number of aromatic nitrogens is 2. The average molecular weight is 404 g/mol. The van der Waals surface area contributed by atoms with Gasteiger partial charge in [0.25, 0.3) is 5.91 Å². The van der Waals surface area contributed by atoms with Gasteiger partial charge in [-0.3, -0.25) is 14.5 Å². The molecule has 154 valence electrons. The summed E-state index contributed by atoms with van der Waals surface area (Å²) < 4.78 is 7.93. The molecule has 0 saturated carbocycles. The lowest BCUT2D eigenvalue weighted by Crippen LogP contribution is -2.47. The third kappa shape index (κ3) is 3.30. The van der Waals surface area contributed by atoms with Gasteiger partial charge in [0, 0.05) is 18.7 Å². The fraction of sp³-hybridized carbons (Fsp3) is 0.348. The number of amides is 2. The van der Waals surface area contributed by atoms with Crippen LogP contribution < -0.4 is 15.0 Å². The zero-order valence-electron chi connectivity index (χ0n) is 16.9. The van der Waals surface area contributed by atoms with Gasteiger partial charge in [-0.15, -0.1) is 0 Å². The lowest BCUT2D eigenvalue weighted by molar-refractivity contribution is -0.127. The second-order valence-electron chi connectivity index (χ2n) is 7.89. The van der Waals surface area contributed by atoms with Crippen molar-refractivity contribution in [3.8, 4) is 5.75 Å². The molecule has 0 bridgehead atoms. The summed E-state index contributed by atoms with van der Waals surface area (Å²) in [5.74, 6) is 1.25. The molecule has 2 aliphatic heterocycles. The maximum atomic E-state index is 12.7. The smallest absolute Gasteiger partial charge is 0.268 e. The van der Waals surface area contributed by atoms with Gasteiger partial charge in [0.2, 0.25) is 5.91 Å². The van der Waals surface area contributed by atoms with Crippen molar-refractivity contribution in [1.82, 2.24) is 9.55 Å². The zero-order chi connectivity index (χ0) is 20.7. The summed E-state index contributed by atoms with van der Waals surface area (Å²) in [5.41, 5.74) is 3.30. The Hall–Kier alpha value is -3.35. The number of nitrogens with zero attached hydrogens (tertiary/aromatic N) is 3. The zero-order valence-corrected chi connectivity index (χ0v) is 16.9. The minimum atomic E-state index is -0.620. The molecule has 0 aliphatic carbocycles. The van der Waals surface area contributed by atoms with Gasteiger partial charge in [-0.2, -0.15) is 0 Å². The Morgan fingerprint density at radius 2 is 2.07 bits per heavy atom. The first-order valence-electron chi connectivity index (χ1n) is 10.5. The number of benzene rings is 2. The Labute approximate surface area is 174 Å². The molecule has 1 unspecified atom stereocenters. The highest BCUT2D eigenvalue weighted by molar-refractivity contribution is 6.06. The molecule has 2 aliphatic rings. The van der Waals surface area contributed by atoms with Gasteiger partial charge in [-0.05, 0) is 50.1 Å². The Morgan fingerprint density at radius 3 is 2.97 bits per heavy atom. The topological polar surface area (TPSA) is 76.5 Å². The van der Waals surface area contributed by atoms with Crippen molar-refractivity contribution < 1.29 is 14.3 Å². The third-order valence-corrected chi connectivity index (χ3v) is 5.77. The molecule has 5 rings (SSSR count). The van der Waals surface area contributed by atoms with Crippen molar-refractivity contribution in [2.45, 2.75) is 45.3 Å². The monoisotopic (exact) mass is 404 g/mol. The van der Waals surface area contributed by atoms with Crippen molar-refractivity contribution in [3.63, 3.8) is 0 Å². The van der Waals surface area contributed by atoms with Crippen LogP contribution in [0.3, 0.4) is 0 Å². The normalized spacial score (nSPS) is 18.4. The van der Waals surface area contributed by atoms with Gasteiger partial charge in [0.15, 0.2) is 6.10 Å². The van der Waals surface area contributed by atoms with Gasteiger partial charge in [-0.1, -0.05) is 18.6 Å². The van der Waals surface area contributed by atoms with Crippen molar-refractivity contribution in [2.24, 2.45) is 0 Å². The first-order valence-corrected chi connectivity index (χ1v) is 10.5. The summed E-state index contributed by atoms with van der Waals surface area (Å²) >= 11 is 0. The van der Waals surface area contributed by atoms with E-state index in [-0.39, 0.29) is 18.4 Å². The standard InChI is InChI=1S/C23H24N4O3/c1-15-23(29)27(19-7-4-5-8-20(19)30-15)14-22(28)24-16-10-11-18-17(13-16)25-21-9-3-2-6-12-26(18)21/h4-5,7-8,10-11,13,15H,2-3,6,9,12,14H2,1H3,(H,24,28). The van der Waals surface area contributed by atoms with E-state index in [1.165, 1.54) is 24.2 Å². The van der Waals surface area contributed by atoms with Crippen LogP contribution in [-0.4, -0.2) is 34.0 Å². The fourth-order valence-electron chi connectivity index (χ4n) is 4.29. The number of carbonyl (C=O) groups excluding carboxylic acids is 2. The number of imidazole rings is 1. The molecular formula is C23H24N4O3. The number of hydrogen-bond donors (Lipinski definition) is 1. The van der Waals surface area contributed by atoms with E-state index in [0.29, 0.717) is 17.1 Å². The predicted octanol–water partition coefficient (Wildman–Crippen LogP) is 3.52. The first kappa shape index (κ1) is 18.7. The highest BCUT2D eigenvalue weighted by Crippen LogP contribution is 2.33. The molecule has 2 amide bonds. The van der Waals surface area contributed by atoms with Crippen LogP contribution in [0, 0.1) is 0 Å². The summed E-state index contributed by atoms with van der Waals surface area (Å²) in [7, 11) is 0. The van der Waals surface area contributed by atoms with E-state index in [9.17, 15) is 9.59 Å². The third-order valence-electron chi connectivity index (χ3n) is 5.77. The van der Waals surface area contributed by atoms with E-state index in [2.05, 4.69) is 9.88 Å². The SMILES string of the molecule is CC1Oc2ccccc2N(CC(=O)Nc2ccc3c(c2)nc2n3CCCCC2)C1=O. The van der Waals surface area contributed by atoms with Crippen LogP contribution in [0.1, 0.15) is 32.0 Å². The van der Waals surface area contributed by atoms with Crippen LogP contribution in [-0.2, 0) is 22.6 Å². The molecule has 0 fully saturated rings. The highest BCUT2D eigenvalue weighted by Gasteiger charge is 2.32. The number of anilines is 2. The summed E-state index contributed by atoms with van der Waals surface area (Å²) in [6.07, 6.45) is 3.95. The summed E-state index contributed by atoms with van der Waals surface area (Å²) in [6, 6.07) is 13.1. The molecule has 1 atom stereocenters. The molecule has 1 aromatic heterocycles. The number of aryl methyl sites for hydroxylation is 2. The molecule has 30 heavy (non-hydrogen) atoms. The first-order chi connectivity index (χ1) is 14.6. The summed E-state index contributed by atoms with van der Waals surface area (Å²) in [5, 5.41) is 2.92. The van der Waals surface area contributed by atoms with Crippen molar-refractivity contribution in [3.05, 3.63) is 48.3 Å². The second kappa shape index (κ2) is 7.48. The number of ether oxygens (including phenoxy) is 1. The fourth-order valence-corrected chi connectivity index (χ4v) is 4.29.